The van der Waals surface area contributed by atoms with Gasteiger partial charge in [0.1, 0.15) is 0 Å². The van der Waals surface area contributed by atoms with Gasteiger partial charge in [-0.05, 0) is 6.92 Å². The van der Waals surface area contributed by atoms with Crippen LogP contribution < -0.4 is 11.5 Å². The Kier molecular flexibility index (Phi) is 3.94. The van der Waals surface area contributed by atoms with E-state index in [4.69, 9.17) is 11.5 Å². The molecule has 0 bridgehead atoms. The lowest BCUT2D eigenvalue weighted by molar-refractivity contribution is 0.107. The Balaban J connectivity index is 2.20. The Bertz CT molecular complexity index is 118. The Hall–Kier alpha value is -0.160. The molecule has 0 saturated carbocycles. The van der Waals surface area contributed by atoms with E-state index in [0.717, 1.165) is 39.3 Å². The van der Waals surface area contributed by atoms with Crippen LogP contribution in [0.5, 0.6) is 0 Å². The second-order valence-electron chi connectivity index (χ2n) is 3.41. The third-order valence-electron chi connectivity index (χ3n) is 2.43. The first-order chi connectivity index (χ1) is 5.74. The summed E-state index contributed by atoms with van der Waals surface area (Å²) in [5.41, 5.74) is 11.2. The van der Waals surface area contributed by atoms with Gasteiger partial charge >= 0.3 is 0 Å². The summed E-state index contributed by atoms with van der Waals surface area (Å²) in [7, 11) is 0. The van der Waals surface area contributed by atoms with Crippen LogP contribution in [0.15, 0.2) is 0 Å². The smallest absolute Gasteiger partial charge is 0.0543 e. The van der Waals surface area contributed by atoms with Crippen LogP contribution in [0.4, 0.5) is 0 Å². The van der Waals surface area contributed by atoms with Gasteiger partial charge < -0.3 is 11.5 Å². The van der Waals surface area contributed by atoms with Crippen LogP contribution in [0.25, 0.3) is 0 Å². The molecule has 1 saturated heterocycles. The standard InChI is InChI=1S/C8H20N4/c1-8(10)12-6-4-11(3-2-9)5-7-12/h8H,2-7,9-10H2,1H3. The monoisotopic (exact) mass is 172 g/mol. The first-order valence-electron chi connectivity index (χ1n) is 4.66. The number of nitrogens with two attached hydrogens (primary N) is 2. The van der Waals surface area contributed by atoms with Gasteiger partial charge in [0.2, 0.25) is 0 Å². The van der Waals surface area contributed by atoms with Gasteiger partial charge in [0.15, 0.2) is 0 Å². The van der Waals surface area contributed by atoms with Gasteiger partial charge in [-0.25, -0.2) is 0 Å². The number of piperazine rings is 1. The summed E-state index contributed by atoms with van der Waals surface area (Å²) in [5, 5.41) is 0. The van der Waals surface area contributed by atoms with E-state index in [-0.39, 0.29) is 6.17 Å². The average Bonchev–Trinajstić information content (AvgIpc) is 2.06. The Morgan fingerprint density at radius 2 is 1.83 bits per heavy atom. The molecular weight excluding hydrogens is 152 g/mol. The van der Waals surface area contributed by atoms with Crippen molar-refractivity contribution in [3.63, 3.8) is 0 Å². The summed E-state index contributed by atoms with van der Waals surface area (Å²) in [6.45, 7) is 8.20. The van der Waals surface area contributed by atoms with E-state index >= 15 is 0 Å². The summed E-state index contributed by atoms with van der Waals surface area (Å²) in [6, 6.07) is 0. The molecule has 12 heavy (non-hydrogen) atoms. The molecule has 0 aromatic rings. The summed E-state index contributed by atoms with van der Waals surface area (Å²) < 4.78 is 0. The van der Waals surface area contributed by atoms with Crippen molar-refractivity contribution in [2.75, 3.05) is 39.3 Å². The second-order valence-corrected chi connectivity index (χ2v) is 3.41. The normalized spacial score (nSPS) is 24.2. The fraction of sp³-hybridized carbons (Fsp3) is 1.00. The van der Waals surface area contributed by atoms with Crippen LogP contribution in [0.1, 0.15) is 6.92 Å². The SMILES string of the molecule is CC(N)N1CCN(CCN)CC1. The number of hydrogen-bond acceptors (Lipinski definition) is 4. The molecule has 1 rings (SSSR count). The van der Waals surface area contributed by atoms with Gasteiger partial charge in [0.25, 0.3) is 0 Å². The third-order valence-corrected chi connectivity index (χ3v) is 2.43. The minimum absolute atomic E-state index is 0.199. The van der Waals surface area contributed by atoms with E-state index in [1.807, 2.05) is 6.92 Å². The molecule has 4 N–H and O–H groups in total. The van der Waals surface area contributed by atoms with Crippen LogP contribution in [0.3, 0.4) is 0 Å². The maximum Gasteiger partial charge on any atom is 0.0543 e. The van der Waals surface area contributed by atoms with Gasteiger partial charge in [-0.2, -0.15) is 0 Å². The Morgan fingerprint density at radius 3 is 2.25 bits per heavy atom. The summed E-state index contributed by atoms with van der Waals surface area (Å²) in [6.07, 6.45) is 0.199. The van der Waals surface area contributed by atoms with Gasteiger partial charge in [0, 0.05) is 39.3 Å². The number of rotatable bonds is 3. The Labute approximate surface area is 74.5 Å². The molecule has 1 aliphatic rings. The zero-order valence-electron chi connectivity index (χ0n) is 7.87. The van der Waals surface area contributed by atoms with Crippen molar-refractivity contribution in [2.45, 2.75) is 13.1 Å². The molecule has 1 unspecified atom stereocenters. The lowest BCUT2D eigenvalue weighted by Crippen LogP contribution is -2.52. The molecule has 1 aliphatic heterocycles. The molecule has 0 aromatic carbocycles. The van der Waals surface area contributed by atoms with Crippen molar-refractivity contribution < 1.29 is 0 Å². The van der Waals surface area contributed by atoms with E-state index < -0.39 is 0 Å². The van der Waals surface area contributed by atoms with Crippen molar-refractivity contribution in [2.24, 2.45) is 11.5 Å². The van der Waals surface area contributed by atoms with Crippen LogP contribution in [-0.4, -0.2) is 55.2 Å². The highest BCUT2D eigenvalue weighted by Crippen LogP contribution is 2.01. The third kappa shape index (κ3) is 2.71. The van der Waals surface area contributed by atoms with Gasteiger partial charge in [-0.15, -0.1) is 0 Å². The minimum Gasteiger partial charge on any atom is -0.329 e. The molecule has 0 spiro atoms. The molecule has 0 amide bonds. The van der Waals surface area contributed by atoms with Gasteiger partial charge in [0.05, 0.1) is 6.17 Å². The fourth-order valence-corrected chi connectivity index (χ4v) is 1.58. The predicted molar refractivity (Wildman–Crippen MR) is 50.7 cm³/mol. The first kappa shape index (κ1) is 9.92. The summed E-state index contributed by atoms with van der Waals surface area (Å²) in [5.74, 6) is 0. The van der Waals surface area contributed by atoms with Gasteiger partial charge in [-0.1, -0.05) is 0 Å². The highest BCUT2D eigenvalue weighted by atomic mass is 15.3. The summed E-state index contributed by atoms with van der Waals surface area (Å²) in [4.78, 5) is 4.69. The van der Waals surface area contributed by atoms with Crippen LogP contribution >= 0.6 is 0 Å². The minimum atomic E-state index is 0.199. The maximum absolute atomic E-state index is 5.77. The molecule has 0 radical (unpaired) electrons. The molecule has 72 valence electrons. The molecule has 0 aromatic heterocycles. The quantitative estimate of drug-likeness (QED) is 0.565. The maximum atomic E-state index is 5.77. The zero-order chi connectivity index (χ0) is 8.97. The van der Waals surface area contributed by atoms with Crippen molar-refractivity contribution in [3.8, 4) is 0 Å². The van der Waals surface area contributed by atoms with Gasteiger partial charge in [-0.3, -0.25) is 9.80 Å². The molecule has 4 nitrogen and oxygen atoms in total. The second kappa shape index (κ2) is 4.77. The number of nitrogens with zero attached hydrogens (tertiary/aromatic N) is 2. The zero-order valence-corrected chi connectivity index (χ0v) is 7.87. The van der Waals surface area contributed by atoms with E-state index in [1.165, 1.54) is 0 Å². The molecule has 1 atom stereocenters. The topological polar surface area (TPSA) is 58.5 Å². The molecule has 4 heteroatoms. The fourth-order valence-electron chi connectivity index (χ4n) is 1.58. The highest BCUT2D eigenvalue weighted by molar-refractivity contribution is 4.73. The predicted octanol–water partition coefficient (Wildman–Crippen LogP) is -1.13. The molecular formula is C8H20N4. The van der Waals surface area contributed by atoms with Crippen molar-refractivity contribution in [1.29, 1.82) is 0 Å². The lowest BCUT2D eigenvalue weighted by atomic mass is 10.3. The molecule has 1 fully saturated rings. The van der Waals surface area contributed by atoms with Crippen molar-refractivity contribution in [3.05, 3.63) is 0 Å². The van der Waals surface area contributed by atoms with Crippen molar-refractivity contribution in [1.82, 2.24) is 9.80 Å². The van der Waals surface area contributed by atoms with E-state index in [1.54, 1.807) is 0 Å². The van der Waals surface area contributed by atoms with Crippen LogP contribution in [-0.2, 0) is 0 Å². The molecule has 0 aliphatic carbocycles. The first-order valence-corrected chi connectivity index (χ1v) is 4.66. The number of hydrogen-bond donors (Lipinski definition) is 2. The van der Waals surface area contributed by atoms with Crippen molar-refractivity contribution >= 4 is 0 Å². The van der Waals surface area contributed by atoms with E-state index in [2.05, 4.69) is 9.80 Å². The van der Waals surface area contributed by atoms with E-state index in [0.29, 0.717) is 0 Å². The largest absolute Gasteiger partial charge is 0.329 e. The lowest BCUT2D eigenvalue weighted by Gasteiger charge is -2.36. The Morgan fingerprint density at radius 1 is 1.25 bits per heavy atom. The van der Waals surface area contributed by atoms with Crippen LogP contribution in [0, 0.1) is 0 Å². The van der Waals surface area contributed by atoms with E-state index in [9.17, 15) is 0 Å². The average molecular weight is 172 g/mol. The molecule has 1 heterocycles. The van der Waals surface area contributed by atoms with Crippen LogP contribution in [0.2, 0.25) is 0 Å². The summed E-state index contributed by atoms with van der Waals surface area (Å²) >= 11 is 0. The highest BCUT2D eigenvalue weighted by Gasteiger charge is 2.17.